The number of nitrogens with zero attached hydrogens (tertiary/aromatic N) is 2. The van der Waals surface area contributed by atoms with Gasteiger partial charge in [-0.15, -0.1) is 11.8 Å². The predicted molar refractivity (Wildman–Crippen MR) is 85.9 cm³/mol. The highest BCUT2D eigenvalue weighted by Gasteiger charge is 2.24. The third-order valence-electron chi connectivity index (χ3n) is 2.58. The van der Waals surface area contributed by atoms with Crippen molar-refractivity contribution in [2.75, 3.05) is 28.2 Å². The van der Waals surface area contributed by atoms with E-state index in [9.17, 15) is 9.59 Å². The van der Waals surface area contributed by atoms with Gasteiger partial charge in [-0.2, -0.15) is 12.6 Å². The quantitative estimate of drug-likeness (QED) is 0.729. The van der Waals surface area contributed by atoms with Crippen molar-refractivity contribution in [2.45, 2.75) is 42.4 Å². The lowest BCUT2D eigenvalue weighted by Crippen LogP contribution is -2.35. The van der Waals surface area contributed by atoms with Crippen molar-refractivity contribution in [3.63, 3.8) is 0 Å². The Labute approximate surface area is 126 Å². The van der Waals surface area contributed by atoms with Crippen molar-refractivity contribution in [2.24, 2.45) is 0 Å². The molecule has 19 heavy (non-hydrogen) atoms. The molecule has 0 fully saturated rings. The van der Waals surface area contributed by atoms with E-state index in [1.165, 1.54) is 4.90 Å². The zero-order valence-electron chi connectivity index (χ0n) is 12.7. The monoisotopic (exact) mass is 306 g/mol. The van der Waals surface area contributed by atoms with Crippen LogP contribution in [0.4, 0.5) is 0 Å². The Morgan fingerprint density at radius 2 is 1.47 bits per heavy atom. The Kier molecular flexibility index (Phi) is 8.57. The van der Waals surface area contributed by atoms with Crippen molar-refractivity contribution >= 4 is 36.2 Å². The zero-order chi connectivity index (χ0) is 15.2. The maximum Gasteiger partial charge on any atom is 0.235 e. The van der Waals surface area contributed by atoms with E-state index < -0.39 is 0 Å². The van der Waals surface area contributed by atoms with Crippen LogP contribution in [0.3, 0.4) is 0 Å². The van der Waals surface area contributed by atoms with Gasteiger partial charge < -0.3 is 9.80 Å². The fraction of sp³-hybridized carbons (Fsp3) is 0.846. The molecule has 112 valence electrons. The van der Waals surface area contributed by atoms with Gasteiger partial charge in [-0.05, 0) is 18.1 Å². The van der Waals surface area contributed by atoms with Crippen LogP contribution in [-0.4, -0.2) is 65.6 Å². The minimum absolute atomic E-state index is 0.00562. The fourth-order valence-corrected chi connectivity index (χ4v) is 3.23. The molecule has 2 amide bonds. The SMILES string of the molecule is CC(C)SC(CCC(S)C(=O)N(C)C)C(=O)N(C)C. The molecular formula is C13H26N2O2S2. The summed E-state index contributed by atoms with van der Waals surface area (Å²) >= 11 is 5.97. The summed E-state index contributed by atoms with van der Waals surface area (Å²) in [5.74, 6) is 0.102. The number of thiol groups is 1. The average Bonchev–Trinajstić information content (AvgIpc) is 2.31. The summed E-state index contributed by atoms with van der Waals surface area (Å²) in [6.07, 6.45) is 1.29. The van der Waals surface area contributed by atoms with Gasteiger partial charge in [-0.25, -0.2) is 0 Å². The number of rotatable bonds is 7. The Balaban J connectivity index is 4.50. The Hall–Kier alpha value is -0.360. The third kappa shape index (κ3) is 7.11. The number of amides is 2. The van der Waals surface area contributed by atoms with E-state index in [1.54, 1.807) is 44.9 Å². The molecule has 4 nitrogen and oxygen atoms in total. The van der Waals surface area contributed by atoms with Crippen LogP contribution in [0, 0.1) is 0 Å². The van der Waals surface area contributed by atoms with Crippen molar-refractivity contribution in [1.82, 2.24) is 9.80 Å². The van der Waals surface area contributed by atoms with E-state index in [0.29, 0.717) is 18.1 Å². The van der Waals surface area contributed by atoms with Crippen molar-refractivity contribution in [3.8, 4) is 0 Å². The minimum Gasteiger partial charge on any atom is -0.348 e. The van der Waals surface area contributed by atoms with Crippen LogP contribution in [0.25, 0.3) is 0 Å². The molecule has 0 aliphatic heterocycles. The molecule has 0 aliphatic rings. The van der Waals surface area contributed by atoms with Crippen LogP contribution in [0.15, 0.2) is 0 Å². The minimum atomic E-state index is -0.333. The summed E-state index contributed by atoms with van der Waals surface area (Å²) in [5.41, 5.74) is 0. The molecule has 0 saturated heterocycles. The van der Waals surface area contributed by atoms with Crippen LogP contribution in [0.5, 0.6) is 0 Å². The average molecular weight is 306 g/mol. The summed E-state index contributed by atoms with van der Waals surface area (Å²) in [4.78, 5) is 27.0. The normalized spacial score (nSPS) is 14.1. The second-order valence-corrected chi connectivity index (χ2v) is 7.64. The smallest absolute Gasteiger partial charge is 0.235 e. The van der Waals surface area contributed by atoms with Gasteiger partial charge >= 0.3 is 0 Å². The summed E-state index contributed by atoms with van der Waals surface area (Å²) in [7, 11) is 6.96. The Morgan fingerprint density at radius 1 is 1.00 bits per heavy atom. The molecule has 0 aromatic heterocycles. The molecule has 0 aromatic rings. The molecule has 2 unspecified atom stereocenters. The number of thioether (sulfide) groups is 1. The maximum atomic E-state index is 12.1. The van der Waals surface area contributed by atoms with Crippen LogP contribution < -0.4 is 0 Å². The molecule has 0 radical (unpaired) electrons. The first kappa shape index (κ1) is 18.6. The second-order valence-electron chi connectivity index (χ2n) is 5.23. The van der Waals surface area contributed by atoms with Crippen LogP contribution >= 0.6 is 24.4 Å². The highest BCUT2D eigenvalue weighted by Crippen LogP contribution is 2.24. The van der Waals surface area contributed by atoms with Gasteiger partial charge in [0.1, 0.15) is 0 Å². The zero-order valence-corrected chi connectivity index (χ0v) is 14.4. The number of hydrogen-bond acceptors (Lipinski definition) is 4. The highest BCUT2D eigenvalue weighted by atomic mass is 32.2. The lowest BCUT2D eigenvalue weighted by atomic mass is 10.1. The van der Waals surface area contributed by atoms with E-state index in [-0.39, 0.29) is 22.3 Å². The van der Waals surface area contributed by atoms with Crippen molar-refractivity contribution in [3.05, 3.63) is 0 Å². The van der Waals surface area contributed by atoms with E-state index >= 15 is 0 Å². The van der Waals surface area contributed by atoms with Gasteiger partial charge in [0, 0.05) is 28.2 Å². The van der Waals surface area contributed by atoms with E-state index in [2.05, 4.69) is 26.5 Å². The number of carbonyl (C=O) groups excluding carboxylic acids is 2. The van der Waals surface area contributed by atoms with Crippen LogP contribution in [0.2, 0.25) is 0 Å². The van der Waals surface area contributed by atoms with Crippen molar-refractivity contribution in [1.29, 1.82) is 0 Å². The van der Waals surface area contributed by atoms with Gasteiger partial charge in [-0.3, -0.25) is 9.59 Å². The molecule has 0 spiro atoms. The Bertz CT molecular complexity index is 307. The lowest BCUT2D eigenvalue weighted by Gasteiger charge is -2.23. The summed E-state index contributed by atoms with van der Waals surface area (Å²) in [6, 6.07) is 0. The van der Waals surface area contributed by atoms with Gasteiger partial charge in [0.25, 0.3) is 0 Å². The summed E-state index contributed by atoms with van der Waals surface area (Å²) < 4.78 is 0. The Morgan fingerprint density at radius 3 is 1.84 bits per heavy atom. The fourth-order valence-electron chi connectivity index (χ4n) is 1.60. The molecule has 0 aromatic carbocycles. The first-order valence-electron chi connectivity index (χ1n) is 6.42. The molecule has 0 heterocycles. The molecule has 6 heteroatoms. The van der Waals surface area contributed by atoms with E-state index in [1.807, 2.05) is 0 Å². The van der Waals surface area contributed by atoms with Crippen molar-refractivity contribution < 1.29 is 9.59 Å². The number of hydrogen-bond donors (Lipinski definition) is 1. The maximum absolute atomic E-state index is 12.1. The summed E-state index contributed by atoms with van der Waals surface area (Å²) in [6.45, 7) is 4.15. The van der Waals surface area contributed by atoms with Gasteiger partial charge in [0.05, 0.1) is 10.5 Å². The molecule has 0 rings (SSSR count). The second kappa shape index (κ2) is 8.74. The topological polar surface area (TPSA) is 40.6 Å². The van der Waals surface area contributed by atoms with Gasteiger partial charge in [0.15, 0.2) is 0 Å². The predicted octanol–water partition coefficient (Wildman–Crippen LogP) is 1.75. The van der Waals surface area contributed by atoms with Gasteiger partial charge in [0.2, 0.25) is 11.8 Å². The molecule has 0 N–H and O–H groups in total. The van der Waals surface area contributed by atoms with Crippen LogP contribution in [-0.2, 0) is 9.59 Å². The molecule has 0 aliphatic carbocycles. The third-order valence-corrected chi connectivity index (χ3v) is 4.37. The summed E-state index contributed by atoms with van der Waals surface area (Å²) in [5, 5.41) is -0.0448. The molecular weight excluding hydrogens is 280 g/mol. The first-order chi connectivity index (χ1) is 8.66. The molecule has 2 atom stereocenters. The van der Waals surface area contributed by atoms with Gasteiger partial charge in [-0.1, -0.05) is 13.8 Å². The van der Waals surface area contributed by atoms with E-state index in [0.717, 1.165) is 0 Å². The molecule has 0 bridgehead atoms. The highest BCUT2D eigenvalue weighted by molar-refractivity contribution is 8.01. The van der Waals surface area contributed by atoms with E-state index in [4.69, 9.17) is 0 Å². The standard InChI is InChI=1S/C13H26N2O2S2/c1-9(2)19-11(13(17)15(5)6)8-7-10(18)12(16)14(3)4/h9-11,18H,7-8H2,1-6H3. The largest absolute Gasteiger partial charge is 0.348 e. The number of carbonyl (C=O) groups is 2. The lowest BCUT2D eigenvalue weighted by molar-refractivity contribution is -0.129. The first-order valence-corrected chi connectivity index (χ1v) is 7.88. The molecule has 0 saturated carbocycles. The van der Waals surface area contributed by atoms with Crippen LogP contribution in [0.1, 0.15) is 26.7 Å².